The zero-order valence-electron chi connectivity index (χ0n) is 19.3. The number of ketones is 2. The smallest absolute Gasteiger partial charge is 0.346 e. The molecule has 0 amide bonds. The lowest BCUT2D eigenvalue weighted by atomic mass is 9.91. The number of hydrogen-bond acceptors (Lipinski definition) is 8. The van der Waals surface area contributed by atoms with Gasteiger partial charge in [0.2, 0.25) is 0 Å². The minimum absolute atomic E-state index is 0.00376. The molecule has 0 atom stereocenters. The Kier molecular flexibility index (Phi) is 5.17. The highest BCUT2D eigenvalue weighted by Crippen LogP contribution is 2.28. The van der Waals surface area contributed by atoms with Crippen LogP contribution >= 0.6 is 0 Å². The van der Waals surface area contributed by atoms with Crippen LogP contribution in [0.5, 0.6) is 0 Å². The van der Waals surface area contributed by atoms with Gasteiger partial charge in [-0.15, -0.1) is 0 Å². The molecule has 0 unspecified atom stereocenters. The lowest BCUT2D eigenvalue weighted by Crippen LogP contribution is -2.08. The molecule has 0 N–H and O–H groups in total. The molecule has 0 radical (unpaired) electrons. The molecule has 2 aliphatic rings. The van der Waals surface area contributed by atoms with E-state index in [9.17, 15) is 28.8 Å². The summed E-state index contributed by atoms with van der Waals surface area (Å²) in [6, 6.07) is 21.9. The molecular weight excluding hydrogens is 488 g/mol. The minimum Gasteiger partial charge on any atom is -0.386 e. The van der Waals surface area contributed by atoms with Crippen LogP contribution in [0.4, 0.5) is 0 Å². The Hall–Kier alpha value is -5.50. The summed E-state index contributed by atoms with van der Waals surface area (Å²) in [7, 11) is 0. The number of carbonyl (C=O) groups excluding carboxylic acids is 6. The highest BCUT2D eigenvalue weighted by molar-refractivity contribution is 6.19. The SMILES string of the molecule is O=C(c1cc(C(=O)c2ccc3c(c2)C(=O)OC3=O)cc(-c2ccccc2)c1)c1ccc2c(c1)C(=O)OC2=O. The monoisotopic (exact) mass is 502 g/mol. The number of fused-ring (bicyclic) bond motifs is 2. The Morgan fingerprint density at radius 1 is 0.421 bits per heavy atom. The van der Waals surface area contributed by atoms with Gasteiger partial charge in [-0.05, 0) is 53.6 Å². The van der Waals surface area contributed by atoms with Gasteiger partial charge in [0.15, 0.2) is 11.6 Å². The predicted octanol–water partition coefficient (Wildman–Crippen LogP) is 4.44. The lowest BCUT2D eigenvalue weighted by Gasteiger charge is -2.10. The largest absolute Gasteiger partial charge is 0.386 e. The van der Waals surface area contributed by atoms with Crippen LogP contribution < -0.4 is 0 Å². The van der Waals surface area contributed by atoms with E-state index in [1.165, 1.54) is 42.5 Å². The Labute approximate surface area is 214 Å². The van der Waals surface area contributed by atoms with Crippen LogP contribution in [0, 0.1) is 0 Å². The lowest BCUT2D eigenvalue weighted by molar-refractivity contribution is 0.0425. The van der Waals surface area contributed by atoms with Gasteiger partial charge in [0.1, 0.15) is 0 Å². The number of benzene rings is 4. The molecule has 0 aromatic heterocycles. The molecule has 8 heteroatoms. The van der Waals surface area contributed by atoms with Crippen molar-refractivity contribution in [2.24, 2.45) is 0 Å². The fraction of sp³-hybridized carbons (Fsp3) is 0. The van der Waals surface area contributed by atoms with Crippen LogP contribution in [0.2, 0.25) is 0 Å². The van der Waals surface area contributed by atoms with Crippen LogP contribution in [-0.2, 0) is 9.47 Å². The van der Waals surface area contributed by atoms with E-state index in [-0.39, 0.29) is 44.5 Å². The number of rotatable bonds is 5. The van der Waals surface area contributed by atoms with Gasteiger partial charge in [-0.25, -0.2) is 19.2 Å². The Bertz CT molecular complexity index is 1660. The molecule has 0 saturated carbocycles. The summed E-state index contributed by atoms with van der Waals surface area (Å²) < 4.78 is 9.21. The Balaban J connectivity index is 1.45. The summed E-state index contributed by atoms with van der Waals surface area (Å²) in [6.45, 7) is 0. The van der Waals surface area contributed by atoms with Crippen molar-refractivity contribution in [1.82, 2.24) is 0 Å². The van der Waals surface area contributed by atoms with E-state index in [2.05, 4.69) is 9.47 Å². The third-order valence-corrected chi connectivity index (χ3v) is 6.38. The van der Waals surface area contributed by atoms with Crippen LogP contribution in [-0.4, -0.2) is 35.4 Å². The molecule has 6 rings (SSSR count). The molecule has 0 spiro atoms. The first-order valence-corrected chi connectivity index (χ1v) is 11.4. The van der Waals surface area contributed by atoms with Gasteiger partial charge in [-0.3, -0.25) is 9.59 Å². The first-order chi connectivity index (χ1) is 18.3. The third kappa shape index (κ3) is 3.72. The summed E-state index contributed by atoms with van der Waals surface area (Å²) in [5, 5.41) is 0. The van der Waals surface area contributed by atoms with E-state index in [4.69, 9.17) is 0 Å². The fourth-order valence-corrected chi connectivity index (χ4v) is 4.47. The first kappa shape index (κ1) is 22.9. The summed E-state index contributed by atoms with van der Waals surface area (Å²) in [6.07, 6.45) is 0. The second kappa shape index (κ2) is 8.56. The van der Waals surface area contributed by atoms with Crippen molar-refractivity contribution >= 4 is 35.4 Å². The van der Waals surface area contributed by atoms with Crippen LogP contribution in [0.25, 0.3) is 11.1 Å². The van der Waals surface area contributed by atoms with Gasteiger partial charge in [0, 0.05) is 22.3 Å². The van der Waals surface area contributed by atoms with Crippen molar-refractivity contribution in [2.45, 2.75) is 0 Å². The molecule has 0 fully saturated rings. The van der Waals surface area contributed by atoms with Gasteiger partial charge in [-0.1, -0.05) is 42.5 Å². The van der Waals surface area contributed by atoms with Crippen LogP contribution in [0.1, 0.15) is 73.3 Å². The van der Waals surface area contributed by atoms with Crippen molar-refractivity contribution in [2.75, 3.05) is 0 Å². The highest BCUT2D eigenvalue weighted by Gasteiger charge is 2.32. The first-order valence-electron chi connectivity index (χ1n) is 11.4. The number of cyclic esters (lactones) is 4. The van der Waals surface area contributed by atoms with E-state index >= 15 is 0 Å². The predicted molar refractivity (Wildman–Crippen MR) is 131 cm³/mol. The van der Waals surface area contributed by atoms with E-state index < -0.39 is 35.4 Å². The van der Waals surface area contributed by atoms with Crippen LogP contribution in [0.3, 0.4) is 0 Å². The van der Waals surface area contributed by atoms with E-state index in [1.54, 1.807) is 12.1 Å². The Morgan fingerprint density at radius 2 is 0.868 bits per heavy atom. The fourth-order valence-electron chi connectivity index (χ4n) is 4.47. The van der Waals surface area contributed by atoms with Gasteiger partial charge < -0.3 is 9.47 Å². The van der Waals surface area contributed by atoms with Gasteiger partial charge >= 0.3 is 23.9 Å². The average Bonchev–Trinajstić information content (AvgIpc) is 3.40. The standard InChI is InChI=1S/C30H14O8/c31-25(16-6-8-21-23(13-16)29(35)37-27(21)33)19-10-18(15-4-2-1-3-5-15)11-20(12-19)26(32)17-7-9-22-24(14-17)30(36)38-28(22)34/h1-14H. The second-order valence-corrected chi connectivity index (χ2v) is 8.70. The molecule has 8 nitrogen and oxygen atoms in total. The quantitative estimate of drug-likeness (QED) is 0.223. The molecule has 0 aliphatic carbocycles. The summed E-state index contributed by atoms with van der Waals surface area (Å²) in [5.41, 5.74) is 2.10. The topological polar surface area (TPSA) is 121 Å². The summed E-state index contributed by atoms with van der Waals surface area (Å²) >= 11 is 0. The maximum Gasteiger partial charge on any atom is 0.346 e. The normalized spacial score (nSPS) is 13.6. The number of hydrogen-bond donors (Lipinski definition) is 0. The number of esters is 4. The van der Waals surface area contributed by atoms with E-state index in [1.807, 2.05) is 30.3 Å². The zero-order chi connectivity index (χ0) is 26.6. The van der Waals surface area contributed by atoms with Crippen molar-refractivity contribution < 1.29 is 38.2 Å². The zero-order valence-corrected chi connectivity index (χ0v) is 19.3. The summed E-state index contributed by atoms with van der Waals surface area (Å²) in [5.74, 6) is -4.17. The molecule has 4 aromatic rings. The van der Waals surface area contributed by atoms with Gasteiger partial charge in [0.05, 0.1) is 22.3 Å². The third-order valence-electron chi connectivity index (χ3n) is 6.38. The molecular formula is C30H14O8. The molecule has 182 valence electrons. The van der Waals surface area contributed by atoms with Crippen molar-refractivity contribution in [1.29, 1.82) is 0 Å². The maximum atomic E-state index is 13.5. The number of ether oxygens (including phenoxy) is 2. The molecule has 4 aromatic carbocycles. The van der Waals surface area contributed by atoms with Crippen LogP contribution in [0.15, 0.2) is 84.9 Å². The van der Waals surface area contributed by atoms with E-state index in [0.29, 0.717) is 5.56 Å². The van der Waals surface area contributed by atoms with Gasteiger partial charge in [-0.2, -0.15) is 0 Å². The minimum atomic E-state index is -0.831. The maximum absolute atomic E-state index is 13.5. The summed E-state index contributed by atoms with van der Waals surface area (Å²) in [4.78, 5) is 74.6. The molecule has 2 heterocycles. The molecule has 0 bridgehead atoms. The highest BCUT2D eigenvalue weighted by atomic mass is 16.6. The average molecular weight is 502 g/mol. The second-order valence-electron chi connectivity index (χ2n) is 8.70. The Morgan fingerprint density at radius 3 is 1.34 bits per heavy atom. The molecule has 2 aliphatic heterocycles. The van der Waals surface area contributed by atoms with E-state index in [0.717, 1.165) is 5.56 Å². The molecule has 0 saturated heterocycles. The van der Waals surface area contributed by atoms with Gasteiger partial charge in [0.25, 0.3) is 0 Å². The van der Waals surface area contributed by atoms with Crippen molar-refractivity contribution in [3.8, 4) is 11.1 Å². The number of carbonyl (C=O) groups is 6. The molecule has 38 heavy (non-hydrogen) atoms. The van der Waals surface area contributed by atoms with Crippen molar-refractivity contribution in [3.63, 3.8) is 0 Å². The van der Waals surface area contributed by atoms with Crippen molar-refractivity contribution in [3.05, 3.63) is 129 Å².